The molecule has 0 radical (unpaired) electrons. The molecule has 3 rings (SSSR count). The summed E-state index contributed by atoms with van der Waals surface area (Å²) in [6.45, 7) is 9.27. The van der Waals surface area contributed by atoms with Gasteiger partial charge < -0.3 is 9.30 Å². The fraction of sp³-hybridized carbons (Fsp3) is 0.500. The van der Waals surface area contributed by atoms with Gasteiger partial charge in [0, 0.05) is 43.3 Å². The second-order valence-electron chi connectivity index (χ2n) is 5.51. The van der Waals surface area contributed by atoms with Gasteiger partial charge in [-0.2, -0.15) is 0 Å². The van der Waals surface area contributed by atoms with Crippen LogP contribution in [0.2, 0.25) is 0 Å². The smallest absolute Gasteiger partial charge is 0.0594 e. The largest absolute Gasteiger partial charge is 0.379 e. The molecule has 1 aromatic heterocycles. The normalized spacial score (nSPS) is 17.2. The van der Waals surface area contributed by atoms with Crippen LogP contribution in [0, 0.1) is 13.8 Å². The predicted octanol–water partition coefficient (Wildman–Crippen LogP) is 2.63. The summed E-state index contributed by atoms with van der Waals surface area (Å²) in [6, 6.07) is 6.87. The van der Waals surface area contributed by atoms with Crippen molar-refractivity contribution in [1.82, 2.24) is 9.47 Å². The van der Waals surface area contributed by atoms with Crippen LogP contribution < -0.4 is 0 Å². The monoisotopic (exact) mass is 258 g/mol. The third-order valence-corrected chi connectivity index (χ3v) is 4.38. The summed E-state index contributed by atoms with van der Waals surface area (Å²) in [4.78, 5) is 2.47. The van der Waals surface area contributed by atoms with Gasteiger partial charge in [-0.05, 0) is 37.1 Å². The van der Waals surface area contributed by atoms with Crippen LogP contribution in [0.3, 0.4) is 0 Å². The lowest BCUT2D eigenvalue weighted by Gasteiger charge is -2.26. The van der Waals surface area contributed by atoms with Crippen molar-refractivity contribution in [1.29, 1.82) is 0 Å². The molecule has 0 unspecified atom stereocenters. The van der Waals surface area contributed by atoms with E-state index < -0.39 is 0 Å². The van der Waals surface area contributed by atoms with Crippen LogP contribution in [-0.4, -0.2) is 35.8 Å². The summed E-state index contributed by atoms with van der Waals surface area (Å²) in [5.74, 6) is 0. The molecule has 102 valence electrons. The predicted molar refractivity (Wildman–Crippen MR) is 78.5 cm³/mol. The maximum Gasteiger partial charge on any atom is 0.0594 e. The molecular weight excluding hydrogens is 236 g/mol. The van der Waals surface area contributed by atoms with Gasteiger partial charge in [0.1, 0.15) is 0 Å². The second kappa shape index (κ2) is 4.99. The van der Waals surface area contributed by atoms with Crippen molar-refractivity contribution in [2.24, 2.45) is 7.05 Å². The summed E-state index contributed by atoms with van der Waals surface area (Å²) in [5.41, 5.74) is 5.50. The van der Waals surface area contributed by atoms with Crippen molar-refractivity contribution >= 4 is 10.9 Å². The van der Waals surface area contributed by atoms with Crippen LogP contribution in [-0.2, 0) is 18.3 Å². The average molecular weight is 258 g/mol. The first kappa shape index (κ1) is 12.7. The highest BCUT2D eigenvalue weighted by atomic mass is 16.5. The molecule has 1 aliphatic rings. The van der Waals surface area contributed by atoms with E-state index in [-0.39, 0.29) is 0 Å². The summed E-state index contributed by atoms with van der Waals surface area (Å²) in [5, 5.41) is 1.39. The standard InChI is InChI=1S/C16H22N2O/c1-12-13(2)17(3)16-5-4-14(10-15(12)16)11-18-6-8-19-9-7-18/h4-5,10H,6-9,11H2,1-3H3. The Labute approximate surface area is 114 Å². The molecule has 0 amide bonds. The average Bonchev–Trinajstić information content (AvgIpc) is 2.65. The number of ether oxygens (including phenoxy) is 1. The molecule has 0 saturated carbocycles. The van der Waals surface area contributed by atoms with E-state index in [2.05, 4.69) is 48.6 Å². The van der Waals surface area contributed by atoms with Crippen LogP contribution in [0.5, 0.6) is 0 Å². The SMILES string of the molecule is Cc1c(C)n(C)c2ccc(CN3CCOCC3)cc12. The lowest BCUT2D eigenvalue weighted by Crippen LogP contribution is -2.35. The number of hydrogen-bond donors (Lipinski definition) is 0. The molecule has 0 aliphatic carbocycles. The molecule has 1 fully saturated rings. The van der Waals surface area contributed by atoms with Gasteiger partial charge in [0.15, 0.2) is 0 Å². The Morgan fingerprint density at radius 2 is 1.89 bits per heavy atom. The van der Waals surface area contributed by atoms with Crippen molar-refractivity contribution in [3.8, 4) is 0 Å². The molecule has 1 aromatic carbocycles. The van der Waals surface area contributed by atoms with E-state index >= 15 is 0 Å². The lowest BCUT2D eigenvalue weighted by molar-refractivity contribution is 0.0342. The van der Waals surface area contributed by atoms with E-state index in [9.17, 15) is 0 Å². The first-order chi connectivity index (χ1) is 9.16. The summed E-state index contributed by atoms with van der Waals surface area (Å²) < 4.78 is 7.68. The Morgan fingerprint density at radius 3 is 2.63 bits per heavy atom. The molecule has 2 aromatic rings. The fourth-order valence-electron chi connectivity index (χ4n) is 2.92. The Morgan fingerprint density at radius 1 is 1.16 bits per heavy atom. The topological polar surface area (TPSA) is 17.4 Å². The minimum Gasteiger partial charge on any atom is -0.379 e. The number of nitrogens with zero attached hydrogens (tertiary/aromatic N) is 2. The minimum atomic E-state index is 0.867. The number of morpholine rings is 1. The van der Waals surface area contributed by atoms with Crippen molar-refractivity contribution < 1.29 is 4.74 Å². The van der Waals surface area contributed by atoms with E-state index in [1.54, 1.807) is 0 Å². The van der Waals surface area contributed by atoms with E-state index in [0.29, 0.717) is 0 Å². The van der Waals surface area contributed by atoms with Crippen molar-refractivity contribution in [2.75, 3.05) is 26.3 Å². The number of fused-ring (bicyclic) bond motifs is 1. The van der Waals surface area contributed by atoms with E-state index in [1.165, 1.54) is 27.7 Å². The number of hydrogen-bond acceptors (Lipinski definition) is 2. The second-order valence-corrected chi connectivity index (χ2v) is 5.51. The molecule has 3 nitrogen and oxygen atoms in total. The Bertz CT molecular complexity index is 594. The van der Waals surface area contributed by atoms with Gasteiger partial charge in [0.2, 0.25) is 0 Å². The third kappa shape index (κ3) is 2.28. The highest BCUT2D eigenvalue weighted by molar-refractivity contribution is 5.85. The molecule has 0 bridgehead atoms. The van der Waals surface area contributed by atoms with Crippen molar-refractivity contribution in [3.05, 3.63) is 35.0 Å². The molecule has 3 heteroatoms. The molecule has 1 saturated heterocycles. The fourth-order valence-corrected chi connectivity index (χ4v) is 2.92. The molecular formula is C16H22N2O. The Kier molecular flexibility index (Phi) is 3.33. The number of benzene rings is 1. The maximum atomic E-state index is 5.40. The molecule has 0 atom stereocenters. The quantitative estimate of drug-likeness (QED) is 0.824. The first-order valence-electron chi connectivity index (χ1n) is 7.01. The van der Waals surface area contributed by atoms with Gasteiger partial charge in [-0.25, -0.2) is 0 Å². The molecule has 2 heterocycles. The minimum absolute atomic E-state index is 0.867. The van der Waals surface area contributed by atoms with Gasteiger partial charge in [-0.15, -0.1) is 0 Å². The Hall–Kier alpha value is -1.32. The van der Waals surface area contributed by atoms with E-state index in [4.69, 9.17) is 4.74 Å². The zero-order chi connectivity index (χ0) is 13.4. The van der Waals surface area contributed by atoms with Crippen LogP contribution in [0.4, 0.5) is 0 Å². The van der Waals surface area contributed by atoms with Gasteiger partial charge in [0.25, 0.3) is 0 Å². The van der Waals surface area contributed by atoms with Gasteiger partial charge in [-0.1, -0.05) is 6.07 Å². The van der Waals surface area contributed by atoms with Crippen LogP contribution in [0.1, 0.15) is 16.8 Å². The van der Waals surface area contributed by atoms with Crippen LogP contribution in [0.25, 0.3) is 10.9 Å². The molecule has 1 aliphatic heterocycles. The van der Waals surface area contributed by atoms with Gasteiger partial charge in [-0.3, -0.25) is 4.90 Å². The highest BCUT2D eigenvalue weighted by Gasteiger charge is 2.13. The third-order valence-electron chi connectivity index (χ3n) is 4.38. The van der Waals surface area contributed by atoms with Crippen LogP contribution >= 0.6 is 0 Å². The van der Waals surface area contributed by atoms with Crippen molar-refractivity contribution in [3.63, 3.8) is 0 Å². The van der Waals surface area contributed by atoms with E-state index in [1.807, 2.05) is 0 Å². The summed E-state index contributed by atoms with van der Waals surface area (Å²) in [7, 11) is 2.15. The lowest BCUT2D eigenvalue weighted by atomic mass is 10.1. The summed E-state index contributed by atoms with van der Waals surface area (Å²) in [6.07, 6.45) is 0. The number of aromatic nitrogens is 1. The number of rotatable bonds is 2. The van der Waals surface area contributed by atoms with Crippen molar-refractivity contribution in [2.45, 2.75) is 20.4 Å². The molecule has 0 spiro atoms. The number of aryl methyl sites for hydroxylation is 2. The van der Waals surface area contributed by atoms with Gasteiger partial charge in [0.05, 0.1) is 13.2 Å². The molecule has 0 N–H and O–H groups in total. The summed E-state index contributed by atoms with van der Waals surface area (Å²) >= 11 is 0. The highest BCUT2D eigenvalue weighted by Crippen LogP contribution is 2.25. The zero-order valence-corrected chi connectivity index (χ0v) is 12.1. The Balaban J connectivity index is 1.90. The molecule has 19 heavy (non-hydrogen) atoms. The zero-order valence-electron chi connectivity index (χ0n) is 12.1. The maximum absolute atomic E-state index is 5.40. The van der Waals surface area contributed by atoms with Crippen LogP contribution in [0.15, 0.2) is 18.2 Å². The van der Waals surface area contributed by atoms with E-state index in [0.717, 1.165) is 32.8 Å². The first-order valence-corrected chi connectivity index (χ1v) is 7.01. The van der Waals surface area contributed by atoms with Gasteiger partial charge >= 0.3 is 0 Å².